The number of halogens is 3. The molecule has 100 valence electrons. The average molecular weight is 269 g/mol. The fourth-order valence-electron chi connectivity index (χ4n) is 1.41. The number of hydrogen-bond donors (Lipinski definition) is 2. The first kappa shape index (κ1) is 13.1. The molecule has 0 saturated carbocycles. The lowest BCUT2D eigenvalue weighted by Crippen LogP contribution is -2.10. The highest BCUT2D eigenvalue weighted by atomic mass is 19.4. The van der Waals surface area contributed by atoms with E-state index in [1.807, 2.05) is 0 Å². The standard InChI is InChI=1S/C11H10F3N5/c12-11(13,14)7-4-9(15)18-10(5-7)16-6-8-2-1-3-17-19-8/h1-5H,6H2,(H3,15,16,18). The van der Waals surface area contributed by atoms with Crippen LogP contribution in [0.3, 0.4) is 0 Å². The monoisotopic (exact) mass is 269 g/mol. The van der Waals surface area contributed by atoms with Crippen LogP contribution in [-0.4, -0.2) is 15.2 Å². The first-order valence-corrected chi connectivity index (χ1v) is 5.30. The summed E-state index contributed by atoms with van der Waals surface area (Å²) in [7, 11) is 0. The molecule has 2 aromatic rings. The zero-order chi connectivity index (χ0) is 13.9. The number of pyridine rings is 1. The Kier molecular flexibility index (Phi) is 3.50. The van der Waals surface area contributed by atoms with Crippen LogP contribution in [0.5, 0.6) is 0 Å². The molecule has 0 aromatic carbocycles. The van der Waals surface area contributed by atoms with Crippen molar-refractivity contribution in [2.24, 2.45) is 0 Å². The zero-order valence-corrected chi connectivity index (χ0v) is 9.65. The Labute approximate surface area is 106 Å². The maximum absolute atomic E-state index is 12.6. The van der Waals surface area contributed by atoms with E-state index in [9.17, 15) is 13.2 Å². The molecule has 2 aromatic heterocycles. The van der Waals surface area contributed by atoms with Crippen molar-refractivity contribution in [1.82, 2.24) is 15.2 Å². The second-order valence-corrected chi connectivity index (χ2v) is 3.73. The predicted octanol–water partition coefficient (Wildman–Crippen LogP) is 2.08. The molecule has 0 fully saturated rings. The lowest BCUT2D eigenvalue weighted by Gasteiger charge is -2.10. The lowest BCUT2D eigenvalue weighted by molar-refractivity contribution is -0.137. The van der Waals surface area contributed by atoms with E-state index in [1.54, 1.807) is 12.1 Å². The van der Waals surface area contributed by atoms with Gasteiger partial charge in [0.05, 0.1) is 17.8 Å². The third-order valence-electron chi connectivity index (χ3n) is 2.25. The summed E-state index contributed by atoms with van der Waals surface area (Å²) < 4.78 is 37.7. The van der Waals surface area contributed by atoms with Crippen LogP contribution in [0.1, 0.15) is 11.3 Å². The van der Waals surface area contributed by atoms with Gasteiger partial charge in [0.2, 0.25) is 0 Å². The molecular formula is C11H10F3N5. The van der Waals surface area contributed by atoms with Crippen molar-refractivity contribution >= 4 is 11.6 Å². The van der Waals surface area contributed by atoms with Crippen LogP contribution in [0, 0.1) is 0 Å². The number of nitrogens with zero attached hydrogens (tertiary/aromatic N) is 3. The molecule has 8 heteroatoms. The van der Waals surface area contributed by atoms with Crippen molar-refractivity contribution in [3.05, 3.63) is 41.7 Å². The second kappa shape index (κ2) is 5.09. The summed E-state index contributed by atoms with van der Waals surface area (Å²) in [5.41, 5.74) is 5.08. The Morgan fingerprint density at radius 1 is 1.26 bits per heavy atom. The van der Waals surface area contributed by atoms with Gasteiger partial charge in [-0.3, -0.25) is 0 Å². The molecule has 0 aliphatic heterocycles. The number of nitrogen functional groups attached to an aromatic ring is 1. The summed E-state index contributed by atoms with van der Waals surface area (Å²) in [6, 6.07) is 5.05. The van der Waals surface area contributed by atoms with Crippen molar-refractivity contribution in [2.45, 2.75) is 12.7 Å². The largest absolute Gasteiger partial charge is 0.416 e. The predicted molar refractivity (Wildman–Crippen MR) is 63.0 cm³/mol. The van der Waals surface area contributed by atoms with Gasteiger partial charge < -0.3 is 11.1 Å². The summed E-state index contributed by atoms with van der Waals surface area (Å²) >= 11 is 0. The van der Waals surface area contributed by atoms with Crippen molar-refractivity contribution in [3.63, 3.8) is 0 Å². The maximum Gasteiger partial charge on any atom is 0.416 e. The minimum absolute atomic E-state index is 0.0398. The topological polar surface area (TPSA) is 76.7 Å². The van der Waals surface area contributed by atoms with Gasteiger partial charge in [0.15, 0.2) is 0 Å². The first-order valence-electron chi connectivity index (χ1n) is 5.30. The van der Waals surface area contributed by atoms with Crippen molar-refractivity contribution in [1.29, 1.82) is 0 Å². The highest BCUT2D eigenvalue weighted by molar-refractivity contribution is 5.47. The fraction of sp³-hybridized carbons (Fsp3) is 0.182. The van der Waals surface area contributed by atoms with E-state index in [0.717, 1.165) is 12.1 Å². The van der Waals surface area contributed by atoms with Crippen LogP contribution in [-0.2, 0) is 12.7 Å². The molecule has 0 radical (unpaired) electrons. The molecule has 19 heavy (non-hydrogen) atoms. The van der Waals surface area contributed by atoms with E-state index in [4.69, 9.17) is 5.73 Å². The molecule has 0 bridgehead atoms. The third-order valence-corrected chi connectivity index (χ3v) is 2.25. The van der Waals surface area contributed by atoms with Crippen molar-refractivity contribution in [2.75, 3.05) is 11.1 Å². The number of hydrogen-bond acceptors (Lipinski definition) is 5. The number of aromatic nitrogens is 3. The van der Waals surface area contributed by atoms with Gasteiger partial charge in [-0.05, 0) is 24.3 Å². The fourth-order valence-corrected chi connectivity index (χ4v) is 1.41. The molecule has 0 amide bonds. The molecule has 0 atom stereocenters. The highest BCUT2D eigenvalue weighted by Gasteiger charge is 2.31. The Hall–Kier alpha value is -2.38. The van der Waals surface area contributed by atoms with E-state index in [-0.39, 0.29) is 18.2 Å². The second-order valence-electron chi connectivity index (χ2n) is 3.73. The minimum atomic E-state index is -4.46. The Morgan fingerprint density at radius 3 is 2.68 bits per heavy atom. The summed E-state index contributed by atoms with van der Waals surface area (Å²) in [4.78, 5) is 3.78. The van der Waals surface area contributed by atoms with E-state index >= 15 is 0 Å². The van der Waals surface area contributed by atoms with Crippen molar-refractivity contribution in [3.8, 4) is 0 Å². The van der Waals surface area contributed by atoms with Gasteiger partial charge in [-0.25, -0.2) is 4.98 Å². The minimum Gasteiger partial charge on any atom is -0.384 e. The van der Waals surface area contributed by atoms with E-state index in [1.165, 1.54) is 6.20 Å². The van der Waals surface area contributed by atoms with Gasteiger partial charge in [0, 0.05) is 6.20 Å². The van der Waals surface area contributed by atoms with Crippen LogP contribution in [0.2, 0.25) is 0 Å². The quantitative estimate of drug-likeness (QED) is 0.892. The van der Waals surface area contributed by atoms with Gasteiger partial charge in [0.1, 0.15) is 11.6 Å². The summed E-state index contributed by atoms with van der Waals surface area (Å²) in [6.07, 6.45) is -2.95. The molecule has 2 rings (SSSR count). The van der Waals surface area contributed by atoms with E-state index in [2.05, 4.69) is 20.5 Å². The summed E-state index contributed by atoms with van der Waals surface area (Å²) in [5.74, 6) is -0.158. The SMILES string of the molecule is Nc1cc(C(F)(F)F)cc(NCc2cccnn2)n1. The van der Waals surface area contributed by atoms with E-state index in [0.29, 0.717) is 5.69 Å². The Bertz CT molecular complexity index is 556. The number of alkyl halides is 3. The highest BCUT2D eigenvalue weighted by Crippen LogP contribution is 2.31. The smallest absolute Gasteiger partial charge is 0.384 e. The van der Waals surface area contributed by atoms with E-state index < -0.39 is 11.7 Å². The summed E-state index contributed by atoms with van der Waals surface area (Å²) in [5, 5.41) is 10.2. The number of nitrogens with two attached hydrogens (primary N) is 1. The summed E-state index contributed by atoms with van der Waals surface area (Å²) in [6.45, 7) is 0.210. The number of anilines is 2. The molecule has 3 N–H and O–H groups in total. The Balaban J connectivity index is 2.15. The van der Waals surface area contributed by atoms with Gasteiger partial charge in [0.25, 0.3) is 0 Å². The van der Waals surface area contributed by atoms with Crippen LogP contribution in [0.15, 0.2) is 30.5 Å². The Morgan fingerprint density at radius 2 is 2.05 bits per heavy atom. The molecule has 0 aliphatic carbocycles. The van der Waals surface area contributed by atoms with Gasteiger partial charge >= 0.3 is 6.18 Å². The normalized spacial score (nSPS) is 11.3. The van der Waals surface area contributed by atoms with Gasteiger partial charge in [-0.2, -0.15) is 23.4 Å². The van der Waals surface area contributed by atoms with Crippen LogP contribution in [0.25, 0.3) is 0 Å². The zero-order valence-electron chi connectivity index (χ0n) is 9.65. The molecular weight excluding hydrogens is 259 g/mol. The third kappa shape index (κ3) is 3.54. The van der Waals surface area contributed by atoms with Gasteiger partial charge in [-0.15, -0.1) is 0 Å². The molecule has 2 heterocycles. The number of nitrogens with one attached hydrogen (secondary N) is 1. The lowest BCUT2D eigenvalue weighted by atomic mass is 10.2. The molecule has 0 unspecified atom stereocenters. The average Bonchev–Trinajstić information content (AvgIpc) is 2.36. The van der Waals surface area contributed by atoms with Crippen LogP contribution in [0.4, 0.5) is 24.8 Å². The first-order chi connectivity index (χ1) is 8.95. The van der Waals surface area contributed by atoms with Crippen molar-refractivity contribution < 1.29 is 13.2 Å². The molecule has 0 aliphatic rings. The van der Waals surface area contributed by atoms with Gasteiger partial charge in [-0.1, -0.05) is 0 Å². The molecule has 0 spiro atoms. The van der Waals surface area contributed by atoms with Crippen LogP contribution < -0.4 is 11.1 Å². The number of rotatable bonds is 3. The molecule has 0 saturated heterocycles. The molecule has 5 nitrogen and oxygen atoms in total. The van der Waals surface area contributed by atoms with Crippen LogP contribution >= 0.6 is 0 Å². The maximum atomic E-state index is 12.6.